The molecule has 0 atom stereocenters. The van der Waals surface area contributed by atoms with E-state index in [4.69, 9.17) is 5.73 Å². The van der Waals surface area contributed by atoms with Crippen molar-refractivity contribution in [3.8, 4) is 0 Å². The number of nitrogens with one attached hydrogen (secondary N) is 1. The van der Waals surface area contributed by atoms with E-state index in [0.717, 1.165) is 18.7 Å². The minimum Gasteiger partial charge on any atom is -0.399 e. The fourth-order valence-electron chi connectivity index (χ4n) is 0.954. The average molecular weight is 210 g/mol. The second-order valence-corrected chi connectivity index (χ2v) is 2.60. The van der Waals surface area contributed by atoms with Crippen LogP contribution in [0.2, 0.25) is 0 Å². The van der Waals surface area contributed by atoms with Crippen molar-refractivity contribution in [2.24, 2.45) is 0 Å². The molecule has 0 spiro atoms. The molecule has 1 aromatic carbocycles. The minimum absolute atomic E-state index is 0.832. The molecule has 0 aliphatic heterocycles. The van der Waals surface area contributed by atoms with Crippen molar-refractivity contribution in [1.82, 2.24) is 5.32 Å². The minimum atomic E-state index is 0.832. The zero-order valence-corrected chi connectivity index (χ0v) is 10.8. The molecular formula is C13H26N2. The molecule has 0 fully saturated rings. The maximum atomic E-state index is 5.54. The molecule has 0 saturated heterocycles. The maximum absolute atomic E-state index is 5.54. The summed E-state index contributed by atoms with van der Waals surface area (Å²) in [6, 6.07) is 8.00. The van der Waals surface area contributed by atoms with Crippen molar-refractivity contribution in [2.75, 3.05) is 19.3 Å². The summed E-state index contributed by atoms with van der Waals surface area (Å²) in [6.07, 6.45) is 1.07. The van der Waals surface area contributed by atoms with E-state index in [-0.39, 0.29) is 0 Å². The summed E-state index contributed by atoms with van der Waals surface area (Å²) in [7, 11) is 1.96. The Morgan fingerprint density at radius 1 is 1.00 bits per heavy atom. The summed E-state index contributed by atoms with van der Waals surface area (Å²) in [6.45, 7) is 9.02. The smallest absolute Gasteiger partial charge is 0.0314 e. The van der Waals surface area contributed by atoms with Gasteiger partial charge in [-0.15, -0.1) is 0 Å². The Morgan fingerprint density at radius 3 is 1.87 bits per heavy atom. The van der Waals surface area contributed by atoms with E-state index < -0.39 is 0 Å². The largest absolute Gasteiger partial charge is 0.399 e. The van der Waals surface area contributed by atoms with E-state index in [9.17, 15) is 0 Å². The highest BCUT2D eigenvalue weighted by Gasteiger charge is 1.89. The number of anilines is 1. The first-order valence-corrected chi connectivity index (χ1v) is 5.82. The van der Waals surface area contributed by atoms with Crippen molar-refractivity contribution in [3.05, 3.63) is 29.8 Å². The normalized spacial score (nSPS) is 8.07. The first kappa shape index (κ1) is 16.4. The summed E-state index contributed by atoms with van der Waals surface area (Å²) in [4.78, 5) is 0. The monoisotopic (exact) mass is 210 g/mol. The molecule has 1 rings (SSSR count). The van der Waals surface area contributed by atoms with Crippen LogP contribution in [0.5, 0.6) is 0 Å². The number of nitrogens with two attached hydrogens (primary N) is 1. The highest BCUT2D eigenvalue weighted by molar-refractivity contribution is 5.39. The average Bonchev–Trinajstić information content (AvgIpc) is 2.34. The summed E-state index contributed by atoms with van der Waals surface area (Å²) < 4.78 is 0. The SMILES string of the molecule is CC.CC.CNCCc1ccc(N)cc1. The van der Waals surface area contributed by atoms with Gasteiger partial charge in [0.05, 0.1) is 0 Å². The fourth-order valence-corrected chi connectivity index (χ4v) is 0.954. The molecule has 2 nitrogen and oxygen atoms in total. The van der Waals surface area contributed by atoms with Crippen molar-refractivity contribution in [3.63, 3.8) is 0 Å². The van der Waals surface area contributed by atoms with Gasteiger partial charge in [0.2, 0.25) is 0 Å². The van der Waals surface area contributed by atoms with E-state index in [2.05, 4.69) is 17.4 Å². The van der Waals surface area contributed by atoms with Gasteiger partial charge in [-0.2, -0.15) is 0 Å². The number of hydrogen-bond acceptors (Lipinski definition) is 2. The van der Waals surface area contributed by atoms with Crippen LogP contribution in [0.15, 0.2) is 24.3 Å². The topological polar surface area (TPSA) is 38.0 Å². The quantitative estimate of drug-likeness (QED) is 0.752. The Morgan fingerprint density at radius 2 is 1.47 bits per heavy atom. The van der Waals surface area contributed by atoms with E-state index in [1.807, 2.05) is 46.9 Å². The lowest BCUT2D eigenvalue weighted by Crippen LogP contribution is -2.10. The lowest BCUT2D eigenvalue weighted by molar-refractivity contribution is 0.792. The van der Waals surface area contributed by atoms with Crippen molar-refractivity contribution >= 4 is 5.69 Å². The van der Waals surface area contributed by atoms with Gasteiger partial charge in [-0.1, -0.05) is 39.8 Å². The highest BCUT2D eigenvalue weighted by atomic mass is 14.8. The molecular weight excluding hydrogens is 184 g/mol. The van der Waals surface area contributed by atoms with Crippen LogP contribution in [0.1, 0.15) is 33.3 Å². The number of benzene rings is 1. The second kappa shape index (κ2) is 13.0. The van der Waals surface area contributed by atoms with Gasteiger partial charge in [0.1, 0.15) is 0 Å². The standard InChI is InChI=1S/C9H14N2.2C2H6/c1-11-7-6-8-2-4-9(10)5-3-8;2*1-2/h2-5,11H,6-7,10H2,1H3;2*1-2H3. The summed E-state index contributed by atoms with van der Waals surface area (Å²) in [5.74, 6) is 0. The molecule has 0 aromatic heterocycles. The molecule has 88 valence electrons. The van der Waals surface area contributed by atoms with Gasteiger partial charge in [0, 0.05) is 5.69 Å². The predicted molar refractivity (Wildman–Crippen MR) is 71.2 cm³/mol. The maximum Gasteiger partial charge on any atom is 0.0314 e. The van der Waals surface area contributed by atoms with E-state index in [0.29, 0.717) is 0 Å². The molecule has 0 aliphatic rings. The van der Waals surface area contributed by atoms with E-state index in [1.165, 1.54) is 5.56 Å². The number of hydrogen-bond donors (Lipinski definition) is 2. The Labute approximate surface area is 94.9 Å². The lowest BCUT2D eigenvalue weighted by Gasteiger charge is -2.00. The van der Waals surface area contributed by atoms with Crippen LogP contribution in [-0.4, -0.2) is 13.6 Å². The van der Waals surface area contributed by atoms with Gasteiger partial charge in [0.15, 0.2) is 0 Å². The van der Waals surface area contributed by atoms with Crippen molar-refractivity contribution in [2.45, 2.75) is 34.1 Å². The number of likely N-dealkylation sites (N-methyl/N-ethyl adjacent to an activating group) is 1. The zero-order valence-electron chi connectivity index (χ0n) is 10.8. The van der Waals surface area contributed by atoms with Gasteiger partial charge in [-0.25, -0.2) is 0 Å². The first-order valence-electron chi connectivity index (χ1n) is 5.82. The van der Waals surface area contributed by atoms with Crippen LogP contribution in [-0.2, 0) is 6.42 Å². The summed E-state index contributed by atoms with van der Waals surface area (Å²) in [5, 5.41) is 3.10. The Hall–Kier alpha value is -1.02. The molecule has 3 N–H and O–H groups in total. The van der Waals surface area contributed by atoms with Gasteiger partial charge >= 0.3 is 0 Å². The van der Waals surface area contributed by atoms with Crippen LogP contribution in [0.3, 0.4) is 0 Å². The predicted octanol–water partition coefficient (Wildman–Crippen LogP) is 3.08. The summed E-state index contributed by atoms with van der Waals surface area (Å²) >= 11 is 0. The third kappa shape index (κ3) is 9.29. The van der Waals surface area contributed by atoms with Crippen molar-refractivity contribution < 1.29 is 0 Å². The molecule has 1 aromatic rings. The zero-order chi connectivity index (χ0) is 12.1. The van der Waals surface area contributed by atoms with Gasteiger partial charge in [-0.05, 0) is 37.7 Å². The third-order valence-electron chi connectivity index (χ3n) is 1.64. The summed E-state index contributed by atoms with van der Waals surface area (Å²) in [5.41, 5.74) is 7.70. The molecule has 0 amide bonds. The molecule has 0 bridgehead atoms. The van der Waals surface area contributed by atoms with Crippen LogP contribution in [0.25, 0.3) is 0 Å². The molecule has 0 unspecified atom stereocenters. The van der Waals surface area contributed by atoms with Crippen LogP contribution in [0, 0.1) is 0 Å². The first-order chi connectivity index (χ1) is 7.33. The molecule has 15 heavy (non-hydrogen) atoms. The Kier molecular flexibility index (Phi) is 14.2. The van der Waals surface area contributed by atoms with Crippen LogP contribution in [0.4, 0.5) is 5.69 Å². The molecule has 0 aliphatic carbocycles. The van der Waals surface area contributed by atoms with Gasteiger partial charge in [-0.3, -0.25) is 0 Å². The third-order valence-corrected chi connectivity index (χ3v) is 1.64. The van der Waals surface area contributed by atoms with Crippen LogP contribution >= 0.6 is 0 Å². The van der Waals surface area contributed by atoms with E-state index >= 15 is 0 Å². The van der Waals surface area contributed by atoms with Gasteiger partial charge < -0.3 is 11.1 Å². The molecule has 0 saturated carbocycles. The van der Waals surface area contributed by atoms with Crippen molar-refractivity contribution in [1.29, 1.82) is 0 Å². The number of nitrogen functional groups attached to an aromatic ring is 1. The highest BCUT2D eigenvalue weighted by Crippen LogP contribution is 2.04. The van der Waals surface area contributed by atoms with Gasteiger partial charge in [0.25, 0.3) is 0 Å². The second-order valence-electron chi connectivity index (χ2n) is 2.60. The Balaban J connectivity index is 0. The lowest BCUT2D eigenvalue weighted by atomic mass is 10.1. The molecule has 0 heterocycles. The molecule has 2 heteroatoms. The fraction of sp³-hybridized carbons (Fsp3) is 0.538. The van der Waals surface area contributed by atoms with Crippen LogP contribution < -0.4 is 11.1 Å². The molecule has 0 radical (unpaired) electrons. The Bertz CT molecular complexity index is 204. The van der Waals surface area contributed by atoms with E-state index in [1.54, 1.807) is 0 Å². The number of rotatable bonds is 3.